The molecule has 0 bridgehead atoms. The Labute approximate surface area is 103 Å². The monoisotopic (exact) mass is 257 g/mol. The molecular weight excluding hydrogens is 242 g/mol. The van der Waals surface area contributed by atoms with Crippen LogP contribution in [0, 0.1) is 0 Å². The minimum absolute atomic E-state index is 0.223. The first kappa shape index (κ1) is 14.6. The second kappa shape index (κ2) is 7.09. The molecular formula is C10H15N3O5. The molecule has 0 radical (unpaired) electrons. The zero-order chi connectivity index (χ0) is 13.5. The van der Waals surface area contributed by atoms with Crippen molar-refractivity contribution in [2.45, 2.75) is 24.4 Å². The fourth-order valence-corrected chi connectivity index (χ4v) is 1.14. The number of aliphatic hydroxyl groups is 5. The Hall–Kier alpha value is -1.45. The molecule has 8 heteroatoms. The molecule has 0 saturated carbocycles. The van der Waals surface area contributed by atoms with E-state index in [0.717, 1.165) is 6.21 Å². The predicted molar refractivity (Wildman–Crippen MR) is 61.3 cm³/mol. The van der Waals surface area contributed by atoms with E-state index in [-0.39, 0.29) is 5.82 Å². The van der Waals surface area contributed by atoms with Gasteiger partial charge in [0.1, 0.15) is 24.4 Å². The minimum atomic E-state index is -1.68. The first-order valence-electron chi connectivity index (χ1n) is 5.19. The van der Waals surface area contributed by atoms with E-state index < -0.39 is 31.0 Å². The summed E-state index contributed by atoms with van der Waals surface area (Å²) >= 11 is 0. The lowest BCUT2D eigenvalue weighted by atomic mass is 10.0. The van der Waals surface area contributed by atoms with Crippen molar-refractivity contribution in [1.29, 1.82) is 0 Å². The van der Waals surface area contributed by atoms with Gasteiger partial charge in [-0.25, -0.2) is 9.98 Å². The summed E-state index contributed by atoms with van der Waals surface area (Å²) in [5.41, 5.74) is 0. The van der Waals surface area contributed by atoms with E-state index in [1.165, 1.54) is 18.6 Å². The molecule has 0 aliphatic heterocycles. The Morgan fingerprint density at radius 3 is 2.44 bits per heavy atom. The topological polar surface area (TPSA) is 139 Å². The van der Waals surface area contributed by atoms with Gasteiger partial charge >= 0.3 is 0 Å². The summed E-state index contributed by atoms with van der Waals surface area (Å²) in [6.07, 6.45) is -1.25. The number of hydrogen-bond acceptors (Lipinski definition) is 8. The van der Waals surface area contributed by atoms with E-state index in [4.69, 9.17) is 10.2 Å². The van der Waals surface area contributed by atoms with Crippen molar-refractivity contribution in [3.05, 3.63) is 18.6 Å². The Balaban J connectivity index is 2.59. The van der Waals surface area contributed by atoms with E-state index in [0.29, 0.717) is 0 Å². The Kier molecular flexibility index (Phi) is 5.75. The van der Waals surface area contributed by atoms with Crippen molar-refractivity contribution in [1.82, 2.24) is 9.97 Å². The molecule has 8 nitrogen and oxygen atoms in total. The van der Waals surface area contributed by atoms with Crippen molar-refractivity contribution in [2.24, 2.45) is 4.99 Å². The standard InChI is InChI=1S/C10H15N3O5/c14-5-7(16)10(18)9(17)6(15)3-13-8-4-11-1-2-12-8/h1-4,6-7,9-10,14-18H,5H2/t6-,7+,9+,10+/m0/s1. The molecule has 18 heavy (non-hydrogen) atoms. The van der Waals surface area contributed by atoms with Crippen LogP contribution in [0.25, 0.3) is 0 Å². The van der Waals surface area contributed by atoms with Crippen LogP contribution in [0.2, 0.25) is 0 Å². The second-order valence-corrected chi connectivity index (χ2v) is 3.56. The van der Waals surface area contributed by atoms with Gasteiger partial charge < -0.3 is 25.5 Å². The van der Waals surface area contributed by atoms with Gasteiger partial charge in [0.2, 0.25) is 0 Å². The zero-order valence-corrected chi connectivity index (χ0v) is 9.40. The average molecular weight is 257 g/mol. The normalized spacial score (nSPS) is 18.5. The van der Waals surface area contributed by atoms with Gasteiger partial charge in [-0.05, 0) is 0 Å². The highest BCUT2D eigenvalue weighted by atomic mass is 16.4. The van der Waals surface area contributed by atoms with E-state index in [9.17, 15) is 15.3 Å². The molecule has 4 atom stereocenters. The van der Waals surface area contributed by atoms with Gasteiger partial charge in [-0.3, -0.25) is 4.98 Å². The van der Waals surface area contributed by atoms with Crippen molar-refractivity contribution in [3.8, 4) is 0 Å². The van der Waals surface area contributed by atoms with Crippen LogP contribution in [-0.2, 0) is 0 Å². The quantitative estimate of drug-likeness (QED) is 0.358. The Morgan fingerprint density at radius 2 is 1.89 bits per heavy atom. The summed E-state index contributed by atoms with van der Waals surface area (Å²) in [5, 5.41) is 46.0. The maximum atomic E-state index is 9.49. The molecule has 0 aliphatic rings. The summed E-state index contributed by atoms with van der Waals surface area (Å²) in [6, 6.07) is 0. The molecule has 100 valence electrons. The lowest BCUT2D eigenvalue weighted by molar-refractivity contribution is -0.0999. The summed E-state index contributed by atoms with van der Waals surface area (Å²) in [7, 11) is 0. The van der Waals surface area contributed by atoms with Crippen molar-refractivity contribution < 1.29 is 25.5 Å². The van der Waals surface area contributed by atoms with Crippen molar-refractivity contribution in [2.75, 3.05) is 6.61 Å². The Bertz CT molecular complexity index is 375. The van der Waals surface area contributed by atoms with Gasteiger partial charge in [-0.1, -0.05) is 0 Å². The van der Waals surface area contributed by atoms with E-state index in [1.807, 2.05) is 0 Å². The van der Waals surface area contributed by atoms with Gasteiger partial charge in [-0.15, -0.1) is 0 Å². The van der Waals surface area contributed by atoms with Crippen LogP contribution in [0.15, 0.2) is 23.6 Å². The second-order valence-electron chi connectivity index (χ2n) is 3.56. The highest BCUT2D eigenvalue weighted by Crippen LogP contribution is 2.06. The van der Waals surface area contributed by atoms with Gasteiger partial charge in [0.25, 0.3) is 0 Å². The summed E-state index contributed by atoms with van der Waals surface area (Å²) in [4.78, 5) is 11.3. The molecule has 1 aromatic rings. The molecule has 0 amide bonds. The average Bonchev–Trinajstić information content (AvgIpc) is 2.43. The van der Waals surface area contributed by atoms with Crippen LogP contribution in [0.3, 0.4) is 0 Å². The third-order valence-electron chi connectivity index (χ3n) is 2.19. The van der Waals surface area contributed by atoms with Gasteiger partial charge in [0.15, 0.2) is 5.82 Å². The van der Waals surface area contributed by atoms with Gasteiger partial charge in [0, 0.05) is 18.6 Å². The molecule has 0 aliphatic carbocycles. The molecule has 0 spiro atoms. The third kappa shape index (κ3) is 4.09. The minimum Gasteiger partial charge on any atom is -0.394 e. The van der Waals surface area contributed by atoms with Crippen molar-refractivity contribution in [3.63, 3.8) is 0 Å². The molecule has 0 saturated heterocycles. The fourth-order valence-electron chi connectivity index (χ4n) is 1.14. The molecule has 1 aromatic heterocycles. The van der Waals surface area contributed by atoms with E-state index in [2.05, 4.69) is 15.0 Å². The number of rotatable bonds is 6. The van der Waals surface area contributed by atoms with Crippen LogP contribution in [0.5, 0.6) is 0 Å². The van der Waals surface area contributed by atoms with Crippen molar-refractivity contribution >= 4 is 12.0 Å². The molecule has 1 heterocycles. The highest BCUT2D eigenvalue weighted by Gasteiger charge is 2.28. The first-order chi connectivity index (χ1) is 8.56. The highest BCUT2D eigenvalue weighted by molar-refractivity contribution is 5.67. The van der Waals surface area contributed by atoms with E-state index in [1.54, 1.807) is 0 Å². The van der Waals surface area contributed by atoms with Crippen LogP contribution in [-0.4, -0.2) is 72.7 Å². The van der Waals surface area contributed by atoms with Crippen LogP contribution >= 0.6 is 0 Å². The predicted octanol–water partition coefficient (Wildman–Crippen LogP) is -2.39. The number of aliphatic hydroxyl groups excluding tert-OH is 5. The van der Waals surface area contributed by atoms with Gasteiger partial charge in [-0.2, -0.15) is 0 Å². The van der Waals surface area contributed by atoms with E-state index >= 15 is 0 Å². The van der Waals surface area contributed by atoms with Crippen LogP contribution in [0.1, 0.15) is 0 Å². The fraction of sp³-hybridized carbons (Fsp3) is 0.500. The number of aliphatic imine (C=N–C) groups is 1. The Morgan fingerprint density at radius 1 is 1.17 bits per heavy atom. The van der Waals surface area contributed by atoms with Crippen LogP contribution < -0.4 is 0 Å². The number of nitrogens with zero attached hydrogens (tertiary/aromatic N) is 3. The molecule has 0 aromatic carbocycles. The zero-order valence-electron chi connectivity index (χ0n) is 9.40. The summed E-state index contributed by atoms with van der Waals surface area (Å²) in [5.74, 6) is 0.223. The molecule has 0 unspecified atom stereocenters. The third-order valence-corrected chi connectivity index (χ3v) is 2.19. The maximum absolute atomic E-state index is 9.49. The first-order valence-corrected chi connectivity index (χ1v) is 5.19. The molecule has 0 fully saturated rings. The smallest absolute Gasteiger partial charge is 0.170 e. The maximum Gasteiger partial charge on any atom is 0.170 e. The number of hydrogen-bond donors (Lipinski definition) is 5. The van der Waals surface area contributed by atoms with Crippen LogP contribution in [0.4, 0.5) is 5.82 Å². The molecule has 5 N–H and O–H groups in total. The largest absolute Gasteiger partial charge is 0.394 e. The number of aromatic nitrogens is 2. The molecule has 1 rings (SSSR count). The SMILES string of the molecule is OC[C@@H](O)[C@@H](O)[C@H](O)[C@@H](O)C=Nc1cnccn1. The van der Waals surface area contributed by atoms with Gasteiger partial charge in [0.05, 0.1) is 12.8 Å². The summed E-state index contributed by atoms with van der Waals surface area (Å²) in [6.45, 7) is -0.730. The lowest BCUT2D eigenvalue weighted by Crippen LogP contribution is -2.46. The lowest BCUT2D eigenvalue weighted by Gasteiger charge is -2.23. The summed E-state index contributed by atoms with van der Waals surface area (Å²) < 4.78 is 0.